The summed E-state index contributed by atoms with van der Waals surface area (Å²) in [6, 6.07) is 0. The molecule has 0 bridgehead atoms. The van der Waals surface area contributed by atoms with Gasteiger partial charge in [-0.25, -0.2) is 0 Å². The van der Waals surface area contributed by atoms with Crippen LogP contribution in [0.5, 0.6) is 0 Å². The molecule has 1 aliphatic rings. The topological polar surface area (TPSA) is 32.7 Å². The molecule has 0 aromatic heterocycles. The third kappa shape index (κ3) is 3.77. The van der Waals surface area contributed by atoms with Crippen molar-refractivity contribution in [3.05, 3.63) is 0 Å². The SMILES string of the molecule is CSC(C)N1CCC(OCCO)CC1. The van der Waals surface area contributed by atoms with Crippen molar-refractivity contribution in [2.24, 2.45) is 0 Å². The van der Waals surface area contributed by atoms with Crippen molar-refractivity contribution in [3.63, 3.8) is 0 Å². The van der Waals surface area contributed by atoms with Crippen LogP contribution < -0.4 is 0 Å². The van der Waals surface area contributed by atoms with E-state index in [0.717, 1.165) is 25.9 Å². The Morgan fingerprint density at radius 2 is 2.14 bits per heavy atom. The van der Waals surface area contributed by atoms with Crippen molar-refractivity contribution in [2.45, 2.75) is 31.2 Å². The highest BCUT2D eigenvalue weighted by atomic mass is 32.2. The minimum atomic E-state index is 0.140. The standard InChI is InChI=1S/C10H21NO2S/c1-9(14-2)11-5-3-10(4-6-11)13-8-7-12/h9-10,12H,3-8H2,1-2H3. The number of hydrogen-bond donors (Lipinski definition) is 1. The summed E-state index contributed by atoms with van der Waals surface area (Å²) >= 11 is 1.90. The Balaban J connectivity index is 2.17. The first-order chi connectivity index (χ1) is 6.77. The number of likely N-dealkylation sites (tertiary alicyclic amines) is 1. The van der Waals surface area contributed by atoms with Crippen LogP contribution in [-0.2, 0) is 4.74 Å². The van der Waals surface area contributed by atoms with Crippen molar-refractivity contribution >= 4 is 11.8 Å². The maximum atomic E-state index is 8.64. The molecule has 3 nitrogen and oxygen atoms in total. The molecule has 1 atom stereocenters. The first kappa shape index (κ1) is 12.3. The molecule has 0 amide bonds. The fraction of sp³-hybridized carbons (Fsp3) is 1.00. The molecule has 1 unspecified atom stereocenters. The summed E-state index contributed by atoms with van der Waals surface area (Å²) in [5, 5.41) is 9.26. The lowest BCUT2D eigenvalue weighted by Crippen LogP contribution is -2.41. The lowest BCUT2D eigenvalue weighted by atomic mass is 10.1. The van der Waals surface area contributed by atoms with Gasteiger partial charge in [-0.3, -0.25) is 4.90 Å². The Morgan fingerprint density at radius 3 is 2.64 bits per heavy atom. The maximum Gasteiger partial charge on any atom is 0.0701 e. The fourth-order valence-corrected chi connectivity index (χ4v) is 2.28. The second kappa shape index (κ2) is 6.67. The van der Waals surface area contributed by atoms with Gasteiger partial charge in [0.15, 0.2) is 0 Å². The summed E-state index contributed by atoms with van der Waals surface area (Å²) in [4.78, 5) is 2.49. The van der Waals surface area contributed by atoms with Crippen molar-refractivity contribution in [2.75, 3.05) is 32.6 Å². The first-order valence-electron chi connectivity index (χ1n) is 5.27. The summed E-state index contributed by atoms with van der Waals surface area (Å²) in [5.74, 6) is 0. The van der Waals surface area contributed by atoms with Crippen molar-refractivity contribution in [1.29, 1.82) is 0 Å². The average Bonchev–Trinajstić information content (AvgIpc) is 2.26. The van der Waals surface area contributed by atoms with Gasteiger partial charge in [-0.15, -0.1) is 11.8 Å². The largest absolute Gasteiger partial charge is 0.394 e. The van der Waals surface area contributed by atoms with E-state index in [1.54, 1.807) is 0 Å². The summed E-state index contributed by atoms with van der Waals surface area (Å²) in [6.07, 6.45) is 4.72. The Bertz CT molecular complexity index is 149. The predicted octanol–water partition coefficient (Wildman–Crippen LogP) is 1.17. The van der Waals surface area contributed by atoms with Gasteiger partial charge in [0.2, 0.25) is 0 Å². The Kier molecular flexibility index (Phi) is 5.86. The van der Waals surface area contributed by atoms with Gasteiger partial charge in [0.1, 0.15) is 0 Å². The quantitative estimate of drug-likeness (QED) is 0.752. The lowest BCUT2D eigenvalue weighted by molar-refractivity contribution is -0.00861. The molecule has 1 rings (SSSR count). The van der Waals surface area contributed by atoms with E-state index in [1.165, 1.54) is 0 Å². The zero-order chi connectivity index (χ0) is 10.4. The Hall–Kier alpha value is 0.230. The van der Waals surface area contributed by atoms with Crippen LogP contribution in [0.15, 0.2) is 0 Å². The van der Waals surface area contributed by atoms with Gasteiger partial charge in [0.05, 0.1) is 24.7 Å². The summed E-state index contributed by atoms with van der Waals surface area (Å²) in [7, 11) is 0. The molecule has 0 saturated carbocycles. The van der Waals surface area contributed by atoms with Crippen LogP contribution in [0, 0.1) is 0 Å². The molecule has 14 heavy (non-hydrogen) atoms. The van der Waals surface area contributed by atoms with Gasteiger partial charge in [-0.1, -0.05) is 0 Å². The number of ether oxygens (including phenoxy) is 1. The number of aliphatic hydroxyl groups excluding tert-OH is 1. The summed E-state index contributed by atoms with van der Waals surface area (Å²) in [6.45, 7) is 5.12. The van der Waals surface area contributed by atoms with Crippen LogP contribution >= 0.6 is 11.8 Å². The van der Waals surface area contributed by atoms with Gasteiger partial charge in [-0.05, 0) is 26.0 Å². The van der Waals surface area contributed by atoms with E-state index >= 15 is 0 Å². The Morgan fingerprint density at radius 1 is 1.50 bits per heavy atom. The molecule has 1 N–H and O–H groups in total. The first-order valence-corrected chi connectivity index (χ1v) is 6.56. The average molecular weight is 219 g/mol. The number of aliphatic hydroxyl groups is 1. The van der Waals surface area contributed by atoms with Crippen LogP contribution in [0.3, 0.4) is 0 Å². The predicted molar refractivity (Wildman–Crippen MR) is 60.6 cm³/mol. The molecule has 1 saturated heterocycles. The third-order valence-corrected chi connectivity index (χ3v) is 3.76. The molecular weight excluding hydrogens is 198 g/mol. The van der Waals surface area contributed by atoms with Gasteiger partial charge in [0.25, 0.3) is 0 Å². The highest BCUT2D eigenvalue weighted by Crippen LogP contribution is 2.19. The molecule has 4 heteroatoms. The third-order valence-electron chi connectivity index (χ3n) is 2.78. The molecule has 0 aromatic carbocycles. The van der Waals surface area contributed by atoms with E-state index in [0.29, 0.717) is 18.1 Å². The van der Waals surface area contributed by atoms with Crippen LogP contribution in [-0.4, -0.2) is 54.0 Å². The lowest BCUT2D eigenvalue weighted by Gasteiger charge is -2.35. The number of thioether (sulfide) groups is 1. The Labute approximate surface area is 90.8 Å². The zero-order valence-electron chi connectivity index (χ0n) is 9.11. The molecule has 84 valence electrons. The van der Waals surface area contributed by atoms with Crippen molar-refractivity contribution in [1.82, 2.24) is 4.90 Å². The van der Waals surface area contributed by atoms with E-state index in [2.05, 4.69) is 18.1 Å². The van der Waals surface area contributed by atoms with Crippen LogP contribution in [0.1, 0.15) is 19.8 Å². The molecule has 1 aliphatic heterocycles. The molecule has 0 radical (unpaired) electrons. The molecule has 1 fully saturated rings. The minimum Gasteiger partial charge on any atom is -0.394 e. The molecule has 1 heterocycles. The van der Waals surface area contributed by atoms with Gasteiger partial charge in [0, 0.05) is 13.1 Å². The van der Waals surface area contributed by atoms with Crippen molar-refractivity contribution in [3.8, 4) is 0 Å². The summed E-state index contributed by atoms with van der Waals surface area (Å²) in [5.41, 5.74) is 0. The highest BCUT2D eigenvalue weighted by molar-refractivity contribution is 7.99. The number of nitrogens with zero attached hydrogens (tertiary/aromatic N) is 1. The zero-order valence-corrected chi connectivity index (χ0v) is 9.92. The monoisotopic (exact) mass is 219 g/mol. The van der Waals surface area contributed by atoms with Crippen LogP contribution in [0.2, 0.25) is 0 Å². The van der Waals surface area contributed by atoms with Crippen LogP contribution in [0.4, 0.5) is 0 Å². The number of hydrogen-bond acceptors (Lipinski definition) is 4. The van der Waals surface area contributed by atoms with Gasteiger partial charge < -0.3 is 9.84 Å². The molecule has 0 aliphatic carbocycles. The van der Waals surface area contributed by atoms with E-state index < -0.39 is 0 Å². The fourth-order valence-electron chi connectivity index (χ4n) is 1.77. The van der Waals surface area contributed by atoms with Crippen molar-refractivity contribution < 1.29 is 9.84 Å². The van der Waals surface area contributed by atoms with E-state index in [1.807, 2.05) is 11.8 Å². The normalized spacial score (nSPS) is 22.5. The minimum absolute atomic E-state index is 0.140. The highest BCUT2D eigenvalue weighted by Gasteiger charge is 2.22. The second-order valence-electron chi connectivity index (χ2n) is 3.66. The molecular formula is C10H21NO2S. The van der Waals surface area contributed by atoms with Gasteiger partial charge in [-0.2, -0.15) is 0 Å². The van der Waals surface area contributed by atoms with E-state index in [-0.39, 0.29) is 6.61 Å². The molecule has 0 spiro atoms. The maximum absolute atomic E-state index is 8.64. The number of piperidine rings is 1. The van der Waals surface area contributed by atoms with E-state index in [4.69, 9.17) is 9.84 Å². The second-order valence-corrected chi connectivity index (χ2v) is 4.82. The smallest absolute Gasteiger partial charge is 0.0701 e. The van der Waals surface area contributed by atoms with Crippen LogP contribution in [0.25, 0.3) is 0 Å². The van der Waals surface area contributed by atoms with E-state index in [9.17, 15) is 0 Å². The number of rotatable bonds is 5. The summed E-state index contributed by atoms with van der Waals surface area (Å²) < 4.78 is 5.51. The van der Waals surface area contributed by atoms with Gasteiger partial charge >= 0.3 is 0 Å². The molecule has 0 aromatic rings.